The molecule has 310 valence electrons. The number of nitrogens with zero attached hydrogens (tertiary/aromatic N) is 5. The Morgan fingerprint density at radius 3 is 1.72 bits per heavy atom. The number of H-pyrrole nitrogens is 2. The van der Waals surface area contributed by atoms with Crippen molar-refractivity contribution in [2.75, 3.05) is 27.3 Å². The third-order valence-corrected chi connectivity index (χ3v) is 11.2. The molecule has 0 radical (unpaired) electrons. The van der Waals surface area contributed by atoms with E-state index in [-0.39, 0.29) is 35.7 Å². The van der Waals surface area contributed by atoms with Crippen LogP contribution in [0.3, 0.4) is 0 Å². The first-order chi connectivity index (χ1) is 27.7. The van der Waals surface area contributed by atoms with Crippen LogP contribution in [0.1, 0.15) is 85.5 Å². The molecule has 16 heteroatoms. The molecular formula is C42H55N9O6S. The number of rotatable bonds is 16. The lowest BCUT2D eigenvalue weighted by Crippen LogP contribution is -2.52. The summed E-state index contributed by atoms with van der Waals surface area (Å²) in [5.74, 6) is 0.556. The van der Waals surface area contributed by atoms with Crippen LogP contribution in [0.25, 0.3) is 43.9 Å². The molecule has 3 heterocycles. The SMILES string of the molecule is CCCN(C(=O)C(NC(=O)OC)C(C)C)C(C)c1ncc(-c2ccc(-c3ccc(-c4cnc(C(C)N(CC)C(=O)C(NC(=O)OC)C(C)C)[nH]4)cc3)c3scnc23)[nH]1. The summed E-state index contributed by atoms with van der Waals surface area (Å²) in [6.45, 7) is 16.2. The number of ether oxygens (including phenoxy) is 2. The Hall–Kier alpha value is -5.77. The molecule has 0 aliphatic heterocycles. The molecule has 5 aromatic rings. The maximum atomic E-state index is 13.8. The lowest BCUT2D eigenvalue weighted by atomic mass is 10.00. The van der Waals surface area contributed by atoms with Crippen molar-refractivity contribution in [2.45, 2.75) is 86.0 Å². The average Bonchev–Trinajstić information content (AvgIpc) is 4.02. The number of imidazole rings is 2. The number of hydrogen-bond donors (Lipinski definition) is 4. The zero-order valence-electron chi connectivity index (χ0n) is 34.9. The number of amides is 4. The van der Waals surface area contributed by atoms with Crippen LogP contribution in [0.15, 0.2) is 54.3 Å². The lowest BCUT2D eigenvalue weighted by molar-refractivity contribution is -0.137. The average molecular weight is 814 g/mol. The van der Waals surface area contributed by atoms with Crippen molar-refractivity contribution in [3.63, 3.8) is 0 Å². The van der Waals surface area contributed by atoms with Crippen LogP contribution in [0.4, 0.5) is 9.59 Å². The van der Waals surface area contributed by atoms with Crippen molar-refractivity contribution in [1.29, 1.82) is 0 Å². The van der Waals surface area contributed by atoms with Gasteiger partial charge in [-0.2, -0.15) is 0 Å². The first-order valence-corrected chi connectivity index (χ1v) is 20.5. The predicted molar refractivity (Wildman–Crippen MR) is 225 cm³/mol. The van der Waals surface area contributed by atoms with Crippen molar-refractivity contribution < 1.29 is 28.7 Å². The van der Waals surface area contributed by atoms with Gasteiger partial charge in [0.15, 0.2) is 0 Å². The van der Waals surface area contributed by atoms with Crippen LogP contribution in [0.5, 0.6) is 0 Å². The van der Waals surface area contributed by atoms with Crippen molar-refractivity contribution in [3.8, 4) is 33.6 Å². The number of nitrogens with one attached hydrogen (secondary N) is 4. The Balaban J connectivity index is 1.35. The summed E-state index contributed by atoms with van der Waals surface area (Å²) in [6, 6.07) is 10.1. The molecule has 4 N–H and O–H groups in total. The van der Waals surface area contributed by atoms with Gasteiger partial charge in [0.2, 0.25) is 11.8 Å². The predicted octanol–water partition coefficient (Wildman–Crippen LogP) is 7.71. The van der Waals surface area contributed by atoms with Gasteiger partial charge in [-0.1, -0.05) is 65.0 Å². The standard InChI is InChI=1S/C42H55N9O6S/c1-11-19-51(40(53)34(24(5)6)49-42(55)57-10)26(8)38-44-21-32(47-38)30-18-17-29(36-35(30)45-22-58-36)27-13-15-28(16-14-27)31-20-43-37(46-31)25(7)50(12-2)39(52)33(23(3)4)48-41(54)56-9/h13-18,20-26,33-34H,11-12,19H2,1-10H3,(H,43,46)(H,44,47)(H,48,54)(H,49,55). The lowest BCUT2D eigenvalue weighted by Gasteiger charge is -2.33. The highest BCUT2D eigenvalue weighted by Crippen LogP contribution is 2.38. The van der Waals surface area contributed by atoms with E-state index >= 15 is 0 Å². The fraction of sp³-hybridized carbons (Fsp3) is 0.452. The number of fused-ring (bicyclic) bond motifs is 1. The van der Waals surface area contributed by atoms with Crippen molar-refractivity contribution in [2.24, 2.45) is 11.8 Å². The molecule has 4 unspecified atom stereocenters. The number of aromatic nitrogens is 5. The quantitative estimate of drug-likeness (QED) is 0.0774. The van der Waals surface area contributed by atoms with Crippen LogP contribution >= 0.6 is 11.3 Å². The van der Waals surface area contributed by atoms with E-state index in [4.69, 9.17) is 19.4 Å². The fourth-order valence-electron chi connectivity index (χ4n) is 7.01. The molecule has 0 aliphatic rings. The molecule has 4 amide bonds. The molecule has 0 bridgehead atoms. The van der Waals surface area contributed by atoms with E-state index in [9.17, 15) is 19.2 Å². The highest BCUT2D eigenvalue weighted by Gasteiger charge is 2.34. The first-order valence-electron chi connectivity index (χ1n) is 19.6. The monoisotopic (exact) mass is 813 g/mol. The minimum Gasteiger partial charge on any atom is -0.453 e. The minimum atomic E-state index is -0.747. The van der Waals surface area contributed by atoms with E-state index in [1.807, 2.05) is 79.1 Å². The highest BCUT2D eigenvalue weighted by atomic mass is 32.1. The van der Waals surface area contributed by atoms with E-state index in [1.54, 1.807) is 33.5 Å². The molecule has 15 nitrogen and oxygen atoms in total. The van der Waals surface area contributed by atoms with E-state index in [0.29, 0.717) is 24.7 Å². The fourth-order valence-corrected chi connectivity index (χ4v) is 7.86. The van der Waals surface area contributed by atoms with Gasteiger partial charge in [0.05, 0.1) is 65.8 Å². The Labute approximate surface area is 343 Å². The van der Waals surface area contributed by atoms with Crippen molar-refractivity contribution in [1.82, 2.24) is 45.4 Å². The third-order valence-electron chi connectivity index (χ3n) is 10.4. The summed E-state index contributed by atoms with van der Waals surface area (Å²) in [5.41, 5.74) is 8.14. The van der Waals surface area contributed by atoms with E-state index in [2.05, 4.69) is 43.8 Å². The van der Waals surface area contributed by atoms with Crippen LogP contribution in [-0.4, -0.2) is 98.1 Å². The molecule has 0 saturated carbocycles. The molecule has 0 fully saturated rings. The molecule has 5 rings (SSSR count). The van der Waals surface area contributed by atoms with Crippen molar-refractivity contribution >= 4 is 45.6 Å². The van der Waals surface area contributed by atoms with Crippen LogP contribution in [0, 0.1) is 11.8 Å². The van der Waals surface area contributed by atoms with Crippen LogP contribution in [-0.2, 0) is 19.1 Å². The summed E-state index contributed by atoms with van der Waals surface area (Å²) in [5, 5.41) is 5.37. The third kappa shape index (κ3) is 9.33. The summed E-state index contributed by atoms with van der Waals surface area (Å²) in [4.78, 5) is 75.7. The number of likely N-dealkylation sites (N-methyl/N-ethyl adjacent to an activating group) is 1. The first kappa shape index (κ1) is 43.4. The maximum Gasteiger partial charge on any atom is 0.407 e. The molecule has 4 atom stereocenters. The molecule has 0 aliphatic carbocycles. The molecule has 0 saturated heterocycles. The topological polar surface area (TPSA) is 188 Å². The number of hydrogen-bond acceptors (Lipinski definition) is 10. The van der Waals surface area contributed by atoms with Gasteiger partial charge in [-0.25, -0.2) is 24.5 Å². The number of thiazole rings is 1. The number of carbonyl (C=O) groups excluding carboxylic acids is 4. The summed E-state index contributed by atoms with van der Waals surface area (Å²) in [6.07, 6.45) is 2.97. The zero-order valence-corrected chi connectivity index (χ0v) is 35.7. The largest absolute Gasteiger partial charge is 0.453 e. The second-order valence-electron chi connectivity index (χ2n) is 14.9. The van der Waals surface area contributed by atoms with E-state index in [1.165, 1.54) is 14.2 Å². The number of methoxy groups -OCH3 is 2. The summed E-state index contributed by atoms with van der Waals surface area (Å²) >= 11 is 1.56. The van der Waals surface area contributed by atoms with Crippen LogP contribution < -0.4 is 10.6 Å². The molecule has 3 aromatic heterocycles. The zero-order chi connectivity index (χ0) is 42.3. The maximum absolute atomic E-state index is 13.8. The summed E-state index contributed by atoms with van der Waals surface area (Å²) in [7, 11) is 2.55. The Morgan fingerprint density at radius 2 is 1.19 bits per heavy atom. The van der Waals surface area contributed by atoms with Gasteiger partial charge in [0, 0.05) is 24.2 Å². The van der Waals surface area contributed by atoms with E-state index < -0.39 is 24.3 Å². The smallest absolute Gasteiger partial charge is 0.407 e. The van der Waals surface area contributed by atoms with Gasteiger partial charge in [-0.05, 0) is 56.2 Å². The molecule has 58 heavy (non-hydrogen) atoms. The van der Waals surface area contributed by atoms with Crippen molar-refractivity contribution in [3.05, 3.63) is 66.0 Å². The van der Waals surface area contributed by atoms with Crippen LogP contribution in [0.2, 0.25) is 0 Å². The van der Waals surface area contributed by atoms with Gasteiger partial charge >= 0.3 is 12.2 Å². The van der Waals surface area contributed by atoms with Gasteiger partial charge < -0.3 is 39.9 Å². The minimum absolute atomic E-state index is 0.142. The normalized spacial score (nSPS) is 13.5. The number of aromatic amines is 2. The molecule has 0 spiro atoms. The Kier molecular flexibility index (Phi) is 14.3. The van der Waals surface area contributed by atoms with Gasteiger partial charge in [-0.15, -0.1) is 11.3 Å². The second-order valence-corrected chi connectivity index (χ2v) is 15.7. The molecule has 2 aromatic carbocycles. The highest BCUT2D eigenvalue weighted by molar-refractivity contribution is 7.17. The Morgan fingerprint density at radius 1 is 0.690 bits per heavy atom. The number of alkyl carbamates (subject to hydrolysis) is 2. The van der Waals surface area contributed by atoms with Gasteiger partial charge in [0.1, 0.15) is 23.7 Å². The Bertz CT molecular complexity index is 2190. The second kappa shape index (κ2) is 19.1. The van der Waals surface area contributed by atoms with Gasteiger partial charge in [-0.3, -0.25) is 9.59 Å². The van der Waals surface area contributed by atoms with E-state index in [0.717, 1.165) is 50.3 Å². The number of carbonyl (C=O) groups is 4. The molecular weight excluding hydrogens is 759 g/mol. The number of benzene rings is 2. The van der Waals surface area contributed by atoms with Gasteiger partial charge in [0.25, 0.3) is 0 Å². The summed E-state index contributed by atoms with van der Waals surface area (Å²) < 4.78 is 10.6.